The second-order valence-corrected chi connectivity index (χ2v) is 5.86. The Bertz CT molecular complexity index is 679. The van der Waals surface area contributed by atoms with Gasteiger partial charge in [0, 0.05) is 6.20 Å². The summed E-state index contributed by atoms with van der Waals surface area (Å²) in [7, 11) is -3.74. The van der Waals surface area contributed by atoms with Crippen molar-refractivity contribution < 1.29 is 17.9 Å². The number of hydrogen-bond donors (Lipinski definition) is 2. The zero-order chi connectivity index (χ0) is 14.6. The summed E-state index contributed by atoms with van der Waals surface area (Å²) in [6.45, 7) is 1.74. The number of sulfonamides is 1. The van der Waals surface area contributed by atoms with Crippen molar-refractivity contribution in [3.05, 3.63) is 47.5 Å². The zero-order valence-corrected chi connectivity index (χ0v) is 11.9. The number of aromatic nitrogens is 1. The van der Waals surface area contributed by atoms with Crippen LogP contribution < -0.4 is 4.72 Å². The maximum atomic E-state index is 12.0. The van der Waals surface area contributed by atoms with Crippen molar-refractivity contribution >= 4 is 10.0 Å². The van der Waals surface area contributed by atoms with Gasteiger partial charge in [0.2, 0.25) is 5.09 Å². The molecule has 7 heteroatoms. The van der Waals surface area contributed by atoms with Crippen molar-refractivity contribution in [2.45, 2.75) is 31.6 Å². The van der Waals surface area contributed by atoms with E-state index in [1.54, 1.807) is 6.20 Å². The molecule has 2 aromatic rings. The van der Waals surface area contributed by atoms with Crippen molar-refractivity contribution in [1.29, 1.82) is 0 Å². The molecule has 0 fully saturated rings. The number of pyridine rings is 1. The number of furan rings is 1. The molecule has 0 aliphatic carbocycles. The average Bonchev–Trinajstić information content (AvgIpc) is 2.95. The van der Waals surface area contributed by atoms with Gasteiger partial charge in [0.15, 0.2) is 0 Å². The van der Waals surface area contributed by atoms with E-state index in [4.69, 9.17) is 9.52 Å². The molecule has 0 saturated heterocycles. The van der Waals surface area contributed by atoms with Gasteiger partial charge in [0.25, 0.3) is 10.0 Å². The van der Waals surface area contributed by atoms with Gasteiger partial charge in [0.05, 0.1) is 12.2 Å². The molecule has 0 radical (unpaired) electrons. The first-order chi connectivity index (χ1) is 9.56. The van der Waals surface area contributed by atoms with E-state index in [0.717, 1.165) is 12.0 Å². The van der Waals surface area contributed by atoms with Gasteiger partial charge >= 0.3 is 0 Å². The minimum atomic E-state index is -3.74. The summed E-state index contributed by atoms with van der Waals surface area (Å²) in [6.07, 6.45) is 2.40. The third kappa shape index (κ3) is 3.24. The van der Waals surface area contributed by atoms with Crippen molar-refractivity contribution in [3.8, 4) is 0 Å². The Morgan fingerprint density at radius 3 is 2.80 bits per heavy atom. The van der Waals surface area contributed by atoms with Crippen LogP contribution in [0.15, 0.2) is 40.0 Å². The van der Waals surface area contributed by atoms with E-state index in [1.165, 1.54) is 12.1 Å². The summed E-state index contributed by atoms with van der Waals surface area (Å²) in [5.41, 5.74) is 1.68. The van der Waals surface area contributed by atoms with E-state index in [-0.39, 0.29) is 24.0 Å². The smallest absolute Gasteiger partial charge is 0.274 e. The largest absolute Gasteiger partial charge is 0.446 e. The van der Waals surface area contributed by atoms with Crippen LogP contribution >= 0.6 is 0 Å². The highest BCUT2D eigenvalue weighted by atomic mass is 32.2. The van der Waals surface area contributed by atoms with Gasteiger partial charge in [-0.3, -0.25) is 4.98 Å². The molecule has 0 atom stereocenters. The lowest BCUT2D eigenvalue weighted by atomic mass is 10.1. The zero-order valence-electron chi connectivity index (χ0n) is 11.0. The Morgan fingerprint density at radius 1 is 1.35 bits per heavy atom. The van der Waals surface area contributed by atoms with Gasteiger partial charge in [-0.25, -0.2) is 13.1 Å². The third-order valence-corrected chi connectivity index (χ3v) is 4.13. The molecule has 2 aromatic heterocycles. The first kappa shape index (κ1) is 14.7. The lowest BCUT2D eigenvalue weighted by molar-refractivity contribution is 0.236. The molecule has 6 nitrogen and oxygen atoms in total. The lowest BCUT2D eigenvalue weighted by Gasteiger charge is -2.07. The van der Waals surface area contributed by atoms with Crippen LogP contribution in [0, 0.1) is 0 Å². The molecule has 0 aromatic carbocycles. The number of aryl methyl sites for hydroxylation is 1. The molecule has 0 spiro atoms. The van der Waals surface area contributed by atoms with Gasteiger partial charge in [-0.1, -0.05) is 13.0 Å². The summed E-state index contributed by atoms with van der Waals surface area (Å²) in [5.74, 6) is 0.206. The quantitative estimate of drug-likeness (QED) is 0.836. The summed E-state index contributed by atoms with van der Waals surface area (Å²) in [6, 6.07) is 6.46. The van der Waals surface area contributed by atoms with E-state index in [0.29, 0.717) is 5.69 Å². The van der Waals surface area contributed by atoms with Crippen molar-refractivity contribution in [2.75, 3.05) is 0 Å². The molecular weight excluding hydrogens is 280 g/mol. The average molecular weight is 296 g/mol. The number of aliphatic hydroxyl groups is 1. The minimum Gasteiger partial charge on any atom is -0.446 e. The summed E-state index contributed by atoms with van der Waals surface area (Å²) >= 11 is 0. The Hall–Kier alpha value is -1.70. The van der Waals surface area contributed by atoms with Crippen molar-refractivity contribution in [1.82, 2.24) is 9.71 Å². The Kier molecular flexibility index (Phi) is 4.53. The van der Waals surface area contributed by atoms with Crippen LogP contribution in [0.3, 0.4) is 0 Å². The van der Waals surface area contributed by atoms with Crippen molar-refractivity contribution in [2.24, 2.45) is 0 Å². The summed E-state index contributed by atoms with van der Waals surface area (Å²) in [4.78, 5) is 4.17. The molecule has 20 heavy (non-hydrogen) atoms. The normalized spacial score (nSPS) is 11.7. The number of rotatable bonds is 6. The fourth-order valence-electron chi connectivity index (χ4n) is 1.77. The maximum absolute atomic E-state index is 12.0. The monoisotopic (exact) mass is 296 g/mol. The first-order valence-electron chi connectivity index (χ1n) is 6.19. The standard InChI is InChI=1S/C13H16N2O4S/c1-2-10-4-3-7-14-12(10)8-15-20(17,18)13-6-5-11(9-16)19-13/h3-7,15-16H,2,8-9H2,1H3. The predicted octanol–water partition coefficient (Wildman–Crippen LogP) is 1.21. The molecule has 108 valence electrons. The van der Waals surface area contributed by atoms with Crippen LogP contribution in [-0.2, 0) is 29.6 Å². The molecule has 0 aliphatic rings. The molecule has 0 unspecified atom stereocenters. The minimum absolute atomic E-state index is 0.0987. The number of nitrogens with zero attached hydrogens (tertiary/aromatic N) is 1. The fraction of sp³-hybridized carbons (Fsp3) is 0.308. The second-order valence-electron chi connectivity index (χ2n) is 4.17. The fourth-order valence-corrected chi connectivity index (χ4v) is 2.71. The summed E-state index contributed by atoms with van der Waals surface area (Å²) in [5, 5.41) is 8.66. The van der Waals surface area contributed by atoms with Gasteiger partial charge in [-0.2, -0.15) is 0 Å². The highest BCUT2D eigenvalue weighted by Crippen LogP contribution is 2.14. The summed E-state index contributed by atoms with van der Waals surface area (Å²) < 4.78 is 31.5. The van der Waals surface area contributed by atoms with Crippen LogP contribution in [0.5, 0.6) is 0 Å². The van der Waals surface area contributed by atoms with Crippen LogP contribution in [0.4, 0.5) is 0 Å². The maximum Gasteiger partial charge on any atom is 0.274 e. The van der Waals surface area contributed by atoms with E-state index in [9.17, 15) is 8.42 Å². The molecule has 0 bridgehead atoms. The Labute approximate surface area is 117 Å². The first-order valence-corrected chi connectivity index (χ1v) is 7.67. The Morgan fingerprint density at radius 2 is 2.15 bits per heavy atom. The highest BCUT2D eigenvalue weighted by Gasteiger charge is 2.19. The van der Waals surface area contributed by atoms with Gasteiger partial charge in [-0.15, -0.1) is 0 Å². The van der Waals surface area contributed by atoms with Crippen LogP contribution in [0.25, 0.3) is 0 Å². The van der Waals surface area contributed by atoms with Gasteiger partial charge in [-0.05, 0) is 30.2 Å². The number of nitrogens with one attached hydrogen (secondary N) is 1. The molecule has 0 aliphatic heterocycles. The van der Waals surface area contributed by atoms with Crippen LogP contribution in [0.1, 0.15) is 23.9 Å². The Balaban J connectivity index is 2.13. The van der Waals surface area contributed by atoms with Crippen LogP contribution in [-0.4, -0.2) is 18.5 Å². The number of aliphatic hydroxyl groups excluding tert-OH is 1. The van der Waals surface area contributed by atoms with E-state index in [1.807, 2.05) is 19.1 Å². The number of hydrogen-bond acceptors (Lipinski definition) is 5. The SMILES string of the molecule is CCc1cccnc1CNS(=O)(=O)c1ccc(CO)o1. The molecule has 0 saturated carbocycles. The lowest BCUT2D eigenvalue weighted by Crippen LogP contribution is -2.24. The topological polar surface area (TPSA) is 92.4 Å². The predicted molar refractivity (Wildman–Crippen MR) is 72.3 cm³/mol. The van der Waals surface area contributed by atoms with E-state index >= 15 is 0 Å². The van der Waals surface area contributed by atoms with Gasteiger partial charge in [0.1, 0.15) is 12.4 Å². The highest BCUT2D eigenvalue weighted by molar-refractivity contribution is 7.89. The molecule has 2 rings (SSSR count). The van der Waals surface area contributed by atoms with E-state index in [2.05, 4.69) is 9.71 Å². The molecule has 0 amide bonds. The van der Waals surface area contributed by atoms with Crippen LogP contribution in [0.2, 0.25) is 0 Å². The van der Waals surface area contributed by atoms with Crippen molar-refractivity contribution in [3.63, 3.8) is 0 Å². The van der Waals surface area contributed by atoms with E-state index < -0.39 is 10.0 Å². The molecule has 2 heterocycles. The molecule has 2 N–H and O–H groups in total. The van der Waals surface area contributed by atoms with Gasteiger partial charge < -0.3 is 9.52 Å². The second kappa shape index (κ2) is 6.17. The molecular formula is C13H16N2O4S. The third-order valence-electron chi connectivity index (χ3n) is 2.85.